The SMILES string of the molecule is CN(C)CCC1Cc2cc(F)ccc2C(CSc2ccccc2)(c2ccccc2C(=O)O)c2cc(F)ccc21. The molecule has 3 nitrogen and oxygen atoms in total. The van der Waals surface area contributed by atoms with Crippen LogP contribution in [0.3, 0.4) is 0 Å². The van der Waals surface area contributed by atoms with E-state index in [2.05, 4.69) is 4.90 Å². The van der Waals surface area contributed by atoms with Crippen molar-refractivity contribution in [3.8, 4) is 0 Å². The molecule has 1 aliphatic rings. The van der Waals surface area contributed by atoms with E-state index >= 15 is 4.39 Å². The highest BCUT2D eigenvalue weighted by atomic mass is 32.2. The minimum absolute atomic E-state index is 0.00383. The van der Waals surface area contributed by atoms with Crippen molar-refractivity contribution in [1.29, 1.82) is 0 Å². The summed E-state index contributed by atoms with van der Waals surface area (Å²) in [6.45, 7) is 0.809. The van der Waals surface area contributed by atoms with E-state index in [1.54, 1.807) is 42.1 Å². The van der Waals surface area contributed by atoms with Gasteiger partial charge in [0.25, 0.3) is 0 Å². The maximum absolute atomic E-state index is 15.2. The molecule has 2 unspecified atom stereocenters. The van der Waals surface area contributed by atoms with E-state index in [1.807, 2.05) is 62.6 Å². The number of benzene rings is 4. The average molecular weight is 544 g/mol. The van der Waals surface area contributed by atoms with Crippen molar-refractivity contribution in [3.05, 3.63) is 136 Å². The number of carboxylic acids is 1. The first-order chi connectivity index (χ1) is 18.8. The van der Waals surface area contributed by atoms with Crippen LogP contribution >= 0.6 is 11.8 Å². The number of thioether (sulfide) groups is 1. The zero-order valence-electron chi connectivity index (χ0n) is 22.0. The number of hydrogen-bond acceptors (Lipinski definition) is 3. The second kappa shape index (κ2) is 11.3. The zero-order valence-corrected chi connectivity index (χ0v) is 22.8. The van der Waals surface area contributed by atoms with Crippen molar-refractivity contribution in [2.45, 2.75) is 29.1 Å². The van der Waals surface area contributed by atoms with Crippen LogP contribution in [0.1, 0.15) is 50.5 Å². The minimum Gasteiger partial charge on any atom is -0.478 e. The molecule has 0 heterocycles. The lowest BCUT2D eigenvalue weighted by Crippen LogP contribution is -2.35. The fraction of sp³-hybridized carbons (Fsp3) is 0.242. The number of hydrogen-bond donors (Lipinski definition) is 1. The Hall–Kier alpha value is -3.48. The molecule has 0 amide bonds. The van der Waals surface area contributed by atoms with Gasteiger partial charge in [-0.15, -0.1) is 11.8 Å². The fourth-order valence-corrected chi connectivity index (χ4v) is 7.07. The highest BCUT2D eigenvalue weighted by Crippen LogP contribution is 2.51. The van der Waals surface area contributed by atoms with Gasteiger partial charge in [0.15, 0.2) is 0 Å². The molecular weight excluding hydrogens is 512 g/mol. The normalized spacial score (nSPS) is 18.3. The second-order valence-electron chi connectivity index (χ2n) is 10.4. The Kier molecular flexibility index (Phi) is 7.87. The Morgan fingerprint density at radius 1 is 0.897 bits per heavy atom. The summed E-state index contributed by atoms with van der Waals surface area (Å²) in [6, 6.07) is 26.5. The average Bonchev–Trinajstić information content (AvgIpc) is 3.03. The molecule has 0 bridgehead atoms. The van der Waals surface area contributed by atoms with E-state index in [9.17, 15) is 14.3 Å². The van der Waals surface area contributed by atoms with Crippen LogP contribution in [0.15, 0.2) is 95.9 Å². The summed E-state index contributed by atoms with van der Waals surface area (Å²) in [5.74, 6) is -1.36. The smallest absolute Gasteiger partial charge is 0.336 e. The summed E-state index contributed by atoms with van der Waals surface area (Å²) in [4.78, 5) is 15.7. The Morgan fingerprint density at radius 3 is 2.33 bits per heavy atom. The summed E-state index contributed by atoms with van der Waals surface area (Å²) in [7, 11) is 4.03. The van der Waals surface area contributed by atoms with E-state index < -0.39 is 11.4 Å². The predicted molar refractivity (Wildman–Crippen MR) is 153 cm³/mol. The molecule has 5 rings (SSSR count). The molecule has 6 heteroatoms. The van der Waals surface area contributed by atoms with E-state index in [0.29, 0.717) is 17.7 Å². The van der Waals surface area contributed by atoms with Crippen LogP contribution in [-0.4, -0.2) is 42.4 Å². The van der Waals surface area contributed by atoms with Gasteiger partial charge < -0.3 is 10.0 Å². The highest BCUT2D eigenvalue weighted by Gasteiger charge is 2.45. The largest absolute Gasteiger partial charge is 0.478 e. The Bertz CT molecular complexity index is 1490. The molecule has 4 aromatic carbocycles. The summed E-state index contributed by atoms with van der Waals surface area (Å²) in [5, 5.41) is 10.3. The fourth-order valence-electron chi connectivity index (χ4n) is 5.87. The molecule has 0 saturated carbocycles. The molecule has 0 saturated heterocycles. The van der Waals surface area contributed by atoms with Crippen molar-refractivity contribution in [2.24, 2.45) is 0 Å². The quantitative estimate of drug-likeness (QED) is 0.236. The van der Waals surface area contributed by atoms with Crippen molar-refractivity contribution < 1.29 is 18.7 Å². The Morgan fingerprint density at radius 2 is 1.59 bits per heavy atom. The monoisotopic (exact) mass is 543 g/mol. The van der Waals surface area contributed by atoms with Crippen LogP contribution < -0.4 is 0 Å². The number of carboxylic acid groups (broad SMARTS) is 1. The lowest BCUT2D eigenvalue weighted by atomic mass is 9.67. The van der Waals surface area contributed by atoms with Crippen LogP contribution in [0, 0.1) is 11.6 Å². The molecule has 0 radical (unpaired) electrons. The van der Waals surface area contributed by atoms with E-state index in [1.165, 1.54) is 12.1 Å². The molecule has 39 heavy (non-hydrogen) atoms. The molecule has 0 spiro atoms. The molecule has 2 atom stereocenters. The third kappa shape index (κ3) is 5.36. The summed E-state index contributed by atoms with van der Waals surface area (Å²) in [5.41, 5.74) is 3.06. The maximum Gasteiger partial charge on any atom is 0.336 e. The lowest BCUT2D eigenvalue weighted by Gasteiger charge is -2.38. The van der Waals surface area contributed by atoms with Crippen LogP contribution in [0.2, 0.25) is 0 Å². The van der Waals surface area contributed by atoms with Gasteiger partial charge in [-0.3, -0.25) is 0 Å². The number of halogens is 2. The van der Waals surface area contributed by atoms with E-state index in [0.717, 1.165) is 40.1 Å². The Labute approximate surface area is 232 Å². The number of nitrogens with zero attached hydrogens (tertiary/aromatic N) is 1. The minimum atomic E-state index is -1.05. The van der Waals surface area contributed by atoms with E-state index in [4.69, 9.17) is 0 Å². The Balaban J connectivity index is 1.86. The molecule has 200 valence electrons. The second-order valence-corrected chi connectivity index (χ2v) is 11.4. The standard InChI is InChI=1S/C33H31F2NO2S/c1-36(2)17-16-22-18-23-19-24(34)13-15-29(23)33(21-39-26-8-4-3-5-9-26,31-20-25(35)12-14-27(22)31)30-11-7-6-10-28(30)32(37)38/h3-15,19-20,22H,16-18,21H2,1-2H3,(H,37,38). The van der Waals surface area contributed by atoms with Crippen molar-refractivity contribution in [3.63, 3.8) is 0 Å². The van der Waals surface area contributed by atoms with Gasteiger partial charge in [0.1, 0.15) is 11.6 Å². The first-order valence-corrected chi connectivity index (χ1v) is 14.0. The van der Waals surface area contributed by atoms with Crippen molar-refractivity contribution >= 4 is 17.7 Å². The first kappa shape index (κ1) is 27.1. The maximum atomic E-state index is 15.2. The molecule has 4 aromatic rings. The van der Waals surface area contributed by atoms with Crippen molar-refractivity contribution in [2.75, 3.05) is 26.4 Å². The summed E-state index contributed by atoms with van der Waals surface area (Å²) < 4.78 is 30.0. The number of aromatic carboxylic acids is 1. The van der Waals surface area contributed by atoms with Crippen LogP contribution in [0.4, 0.5) is 8.78 Å². The zero-order chi connectivity index (χ0) is 27.6. The number of rotatable bonds is 8. The third-order valence-corrected chi connectivity index (χ3v) is 8.83. The third-order valence-electron chi connectivity index (χ3n) is 7.65. The van der Waals surface area contributed by atoms with Crippen LogP contribution in [-0.2, 0) is 11.8 Å². The molecule has 0 aromatic heterocycles. The number of fused-ring (bicyclic) bond motifs is 2. The highest BCUT2D eigenvalue weighted by molar-refractivity contribution is 7.99. The van der Waals surface area contributed by atoms with Crippen LogP contribution in [0.25, 0.3) is 0 Å². The van der Waals surface area contributed by atoms with Crippen molar-refractivity contribution in [1.82, 2.24) is 4.90 Å². The summed E-state index contributed by atoms with van der Waals surface area (Å²) >= 11 is 1.59. The van der Waals surface area contributed by atoms with Gasteiger partial charge >= 0.3 is 5.97 Å². The topological polar surface area (TPSA) is 40.5 Å². The van der Waals surface area contributed by atoms with E-state index in [-0.39, 0.29) is 23.1 Å². The summed E-state index contributed by atoms with van der Waals surface area (Å²) in [6.07, 6.45) is 1.37. The van der Waals surface area contributed by atoms with Gasteiger partial charge in [0, 0.05) is 10.6 Å². The molecular formula is C33H31F2NO2S. The van der Waals surface area contributed by atoms with Gasteiger partial charge in [-0.1, -0.05) is 48.5 Å². The molecule has 1 N–H and O–H groups in total. The van der Waals surface area contributed by atoms with Crippen LogP contribution in [0.5, 0.6) is 0 Å². The number of carbonyl (C=O) groups is 1. The van der Waals surface area contributed by atoms with Gasteiger partial charge in [0.2, 0.25) is 0 Å². The first-order valence-electron chi connectivity index (χ1n) is 13.0. The van der Waals surface area contributed by atoms with Gasteiger partial charge in [-0.25, -0.2) is 13.6 Å². The van der Waals surface area contributed by atoms with Gasteiger partial charge in [-0.05, 0) is 110 Å². The molecule has 0 aliphatic heterocycles. The van der Waals surface area contributed by atoms with Gasteiger partial charge in [0.05, 0.1) is 11.0 Å². The molecule has 1 aliphatic carbocycles. The molecule has 0 fully saturated rings. The predicted octanol–water partition coefficient (Wildman–Crippen LogP) is 7.38. The van der Waals surface area contributed by atoms with Gasteiger partial charge in [-0.2, -0.15) is 0 Å². The lowest BCUT2D eigenvalue weighted by molar-refractivity contribution is 0.0694.